The Morgan fingerprint density at radius 3 is 2.07 bits per heavy atom. The van der Waals surface area contributed by atoms with Crippen molar-refractivity contribution in [3.8, 4) is 0 Å². The maximum absolute atomic E-state index is 11.9. The summed E-state index contributed by atoms with van der Waals surface area (Å²) in [6.45, 7) is 5.34. The van der Waals surface area contributed by atoms with Crippen LogP contribution in [0, 0.1) is 0 Å². The normalized spacial score (nSPS) is 17.1. The Bertz CT molecular complexity index is 166. The van der Waals surface area contributed by atoms with E-state index in [0.717, 1.165) is 0 Å². The molecular formula is C9H18F3NO. The number of rotatable bonds is 5. The standard InChI is InChI=1S/C9H18F3NO/c1-7(2)13-6-8(3,14)4-5-9(10,11)12/h7,13-14H,4-6H2,1-3H3. The zero-order chi connectivity index (χ0) is 11.4. The van der Waals surface area contributed by atoms with Crippen molar-refractivity contribution in [1.82, 2.24) is 5.32 Å². The molecule has 0 saturated heterocycles. The van der Waals surface area contributed by atoms with Gasteiger partial charge in [0.1, 0.15) is 0 Å². The van der Waals surface area contributed by atoms with Crippen LogP contribution in [0.2, 0.25) is 0 Å². The average molecular weight is 213 g/mol. The van der Waals surface area contributed by atoms with Gasteiger partial charge in [-0.25, -0.2) is 0 Å². The van der Waals surface area contributed by atoms with E-state index in [1.807, 2.05) is 13.8 Å². The SMILES string of the molecule is CC(C)NCC(C)(O)CCC(F)(F)F. The highest BCUT2D eigenvalue weighted by molar-refractivity contribution is 4.77. The first-order valence-electron chi connectivity index (χ1n) is 4.65. The van der Waals surface area contributed by atoms with E-state index in [0.29, 0.717) is 0 Å². The van der Waals surface area contributed by atoms with Crippen molar-refractivity contribution in [3.05, 3.63) is 0 Å². The van der Waals surface area contributed by atoms with Gasteiger partial charge in [0.15, 0.2) is 0 Å². The lowest BCUT2D eigenvalue weighted by molar-refractivity contribution is -0.145. The second kappa shape index (κ2) is 4.98. The Hall–Kier alpha value is -0.290. The van der Waals surface area contributed by atoms with Crippen LogP contribution >= 0.6 is 0 Å². The van der Waals surface area contributed by atoms with E-state index in [1.165, 1.54) is 6.92 Å². The summed E-state index contributed by atoms with van der Waals surface area (Å²) in [4.78, 5) is 0. The van der Waals surface area contributed by atoms with Crippen LogP contribution in [0.3, 0.4) is 0 Å². The third-order valence-electron chi connectivity index (χ3n) is 1.84. The van der Waals surface area contributed by atoms with Crippen LogP contribution in [0.1, 0.15) is 33.6 Å². The molecule has 0 rings (SSSR count). The second-order valence-corrected chi connectivity index (χ2v) is 4.15. The zero-order valence-corrected chi connectivity index (χ0v) is 8.78. The minimum absolute atomic E-state index is 0.160. The van der Waals surface area contributed by atoms with Crippen LogP contribution in [-0.4, -0.2) is 29.5 Å². The van der Waals surface area contributed by atoms with E-state index in [9.17, 15) is 18.3 Å². The van der Waals surface area contributed by atoms with E-state index in [2.05, 4.69) is 5.32 Å². The van der Waals surface area contributed by atoms with Gasteiger partial charge in [-0.15, -0.1) is 0 Å². The molecule has 86 valence electrons. The fourth-order valence-electron chi connectivity index (χ4n) is 0.923. The topological polar surface area (TPSA) is 32.3 Å². The summed E-state index contributed by atoms with van der Waals surface area (Å²) < 4.78 is 35.6. The molecule has 2 nitrogen and oxygen atoms in total. The third-order valence-corrected chi connectivity index (χ3v) is 1.84. The highest BCUT2D eigenvalue weighted by Crippen LogP contribution is 2.25. The quantitative estimate of drug-likeness (QED) is 0.732. The van der Waals surface area contributed by atoms with Crippen molar-refractivity contribution >= 4 is 0 Å². The minimum atomic E-state index is -4.19. The smallest absolute Gasteiger partial charge is 0.389 e. The molecule has 0 heterocycles. The van der Waals surface area contributed by atoms with Crippen molar-refractivity contribution < 1.29 is 18.3 Å². The summed E-state index contributed by atoms with van der Waals surface area (Å²) in [5, 5.41) is 12.5. The molecule has 1 atom stereocenters. The van der Waals surface area contributed by atoms with Crippen molar-refractivity contribution in [1.29, 1.82) is 0 Å². The molecule has 0 aromatic rings. The van der Waals surface area contributed by atoms with E-state index >= 15 is 0 Å². The van der Waals surface area contributed by atoms with Gasteiger partial charge in [-0.1, -0.05) is 13.8 Å². The Balaban J connectivity index is 3.83. The lowest BCUT2D eigenvalue weighted by Gasteiger charge is -2.25. The van der Waals surface area contributed by atoms with Crippen LogP contribution in [0.4, 0.5) is 13.2 Å². The predicted molar refractivity (Wildman–Crippen MR) is 49.1 cm³/mol. The van der Waals surface area contributed by atoms with Crippen LogP contribution in [-0.2, 0) is 0 Å². The molecule has 2 N–H and O–H groups in total. The highest BCUT2D eigenvalue weighted by Gasteiger charge is 2.31. The number of hydrogen-bond acceptors (Lipinski definition) is 2. The number of aliphatic hydroxyl groups is 1. The summed E-state index contributed by atoms with van der Waals surface area (Å²) in [6.07, 6.45) is -5.40. The monoisotopic (exact) mass is 213 g/mol. The summed E-state index contributed by atoms with van der Waals surface area (Å²) in [6, 6.07) is 0.160. The summed E-state index contributed by atoms with van der Waals surface area (Å²) >= 11 is 0. The van der Waals surface area contributed by atoms with E-state index in [1.54, 1.807) is 0 Å². The highest BCUT2D eigenvalue weighted by atomic mass is 19.4. The largest absolute Gasteiger partial charge is 0.389 e. The predicted octanol–water partition coefficient (Wildman–Crippen LogP) is 2.08. The molecule has 0 bridgehead atoms. The number of hydrogen-bond donors (Lipinski definition) is 2. The van der Waals surface area contributed by atoms with E-state index in [4.69, 9.17) is 0 Å². The van der Waals surface area contributed by atoms with Gasteiger partial charge in [0.05, 0.1) is 5.60 Å². The zero-order valence-electron chi connectivity index (χ0n) is 8.78. The van der Waals surface area contributed by atoms with Gasteiger partial charge >= 0.3 is 6.18 Å². The summed E-state index contributed by atoms with van der Waals surface area (Å²) in [5.74, 6) is 0. The van der Waals surface area contributed by atoms with Gasteiger partial charge in [0.25, 0.3) is 0 Å². The first-order chi connectivity index (χ1) is 6.12. The summed E-state index contributed by atoms with van der Waals surface area (Å²) in [7, 11) is 0. The number of alkyl halides is 3. The molecule has 0 aliphatic carbocycles. The Kier molecular flexibility index (Phi) is 4.88. The molecule has 0 aromatic heterocycles. The van der Waals surface area contributed by atoms with Crippen molar-refractivity contribution in [3.63, 3.8) is 0 Å². The molecule has 1 unspecified atom stereocenters. The van der Waals surface area contributed by atoms with Crippen LogP contribution < -0.4 is 5.32 Å². The molecule has 0 aliphatic rings. The lowest BCUT2D eigenvalue weighted by atomic mass is 10.00. The molecule has 0 spiro atoms. The molecule has 0 aliphatic heterocycles. The molecular weight excluding hydrogens is 195 g/mol. The van der Waals surface area contributed by atoms with Crippen molar-refractivity contribution in [2.75, 3.05) is 6.54 Å². The molecule has 0 radical (unpaired) electrons. The molecule has 0 amide bonds. The summed E-state index contributed by atoms with van der Waals surface area (Å²) in [5.41, 5.74) is -1.29. The Labute approximate surface area is 82.5 Å². The fraction of sp³-hybridized carbons (Fsp3) is 1.00. The van der Waals surface area contributed by atoms with Crippen LogP contribution in [0.25, 0.3) is 0 Å². The molecule has 0 saturated carbocycles. The maximum atomic E-state index is 11.9. The van der Waals surface area contributed by atoms with Gasteiger partial charge < -0.3 is 10.4 Å². The van der Waals surface area contributed by atoms with Crippen molar-refractivity contribution in [2.45, 2.75) is 51.4 Å². The van der Waals surface area contributed by atoms with E-state index in [-0.39, 0.29) is 19.0 Å². The first-order valence-corrected chi connectivity index (χ1v) is 4.65. The average Bonchev–Trinajstić information content (AvgIpc) is 1.97. The van der Waals surface area contributed by atoms with E-state index < -0.39 is 18.2 Å². The minimum Gasteiger partial charge on any atom is -0.389 e. The molecule has 0 aromatic carbocycles. The van der Waals surface area contributed by atoms with Crippen LogP contribution in [0.5, 0.6) is 0 Å². The van der Waals surface area contributed by atoms with Gasteiger partial charge in [-0.3, -0.25) is 0 Å². The molecule has 5 heteroatoms. The fourth-order valence-corrected chi connectivity index (χ4v) is 0.923. The third kappa shape index (κ3) is 8.31. The number of nitrogens with one attached hydrogen (secondary N) is 1. The second-order valence-electron chi connectivity index (χ2n) is 4.15. The van der Waals surface area contributed by atoms with Crippen molar-refractivity contribution in [2.24, 2.45) is 0 Å². The van der Waals surface area contributed by atoms with Crippen LogP contribution in [0.15, 0.2) is 0 Å². The maximum Gasteiger partial charge on any atom is 0.389 e. The van der Waals surface area contributed by atoms with Gasteiger partial charge in [0, 0.05) is 19.0 Å². The first kappa shape index (κ1) is 13.7. The van der Waals surface area contributed by atoms with Gasteiger partial charge in [0.2, 0.25) is 0 Å². The van der Waals surface area contributed by atoms with Gasteiger partial charge in [-0.2, -0.15) is 13.2 Å². The Morgan fingerprint density at radius 2 is 1.71 bits per heavy atom. The molecule has 14 heavy (non-hydrogen) atoms. The number of halogens is 3. The Morgan fingerprint density at radius 1 is 1.21 bits per heavy atom. The molecule has 0 fully saturated rings. The van der Waals surface area contributed by atoms with Gasteiger partial charge in [-0.05, 0) is 13.3 Å². The lowest BCUT2D eigenvalue weighted by Crippen LogP contribution is -2.41.